The highest BCUT2D eigenvalue weighted by Gasteiger charge is 2.09. The molecule has 0 saturated carbocycles. The van der Waals surface area contributed by atoms with E-state index in [9.17, 15) is 0 Å². The van der Waals surface area contributed by atoms with Crippen LogP contribution in [0.4, 0.5) is 5.69 Å². The topological polar surface area (TPSA) is 39.2 Å². The fourth-order valence-electron chi connectivity index (χ4n) is 1.43. The van der Waals surface area contributed by atoms with E-state index in [2.05, 4.69) is 15.9 Å². The third kappa shape index (κ3) is 2.03. The van der Waals surface area contributed by atoms with Gasteiger partial charge < -0.3 is 10.2 Å². The van der Waals surface area contributed by atoms with Crippen LogP contribution in [0.25, 0.3) is 11.3 Å². The van der Waals surface area contributed by atoms with E-state index in [1.165, 1.54) is 0 Å². The molecule has 0 unspecified atom stereocenters. The second-order valence-electron chi connectivity index (χ2n) is 3.29. The van der Waals surface area contributed by atoms with Crippen LogP contribution < -0.4 is 5.73 Å². The van der Waals surface area contributed by atoms with Gasteiger partial charge in [0, 0.05) is 5.56 Å². The highest BCUT2D eigenvalue weighted by Crippen LogP contribution is 2.32. The second-order valence-corrected chi connectivity index (χ2v) is 4.48. The molecule has 0 bridgehead atoms. The Kier molecular flexibility index (Phi) is 2.76. The zero-order valence-electron chi connectivity index (χ0n) is 8.05. The molecule has 0 radical (unpaired) electrons. The average molecular weight is 287 g/mol. The van der Waals surface area contributed by atoms with Gasteiger partial charge in [0.1, 0.15) is 5.76 Å². The molecule has 1 aromatic heterocycles. The van der Waals surface area contributed by atoms with Crippen LogP contribution in [0.2, 0.25) is 5.02 Å². The maximum absolute atomic E-state index is 5.96. The van der Waals surface area contributed by atoms with Crippen LogP contribution in [-0.4, -0.2) is 0 Å². The van der Waals surface area contributed by atoms with Crippen molar-refractivity contribution < 1.29 is 4.42 Å². The molecule has 0 aliphatic rings. The molecule has 0 amide bonds. The quantitative estimate of drug-likeness (QED) is 0.796. The molecule has 2 N–H and O–H groups in total. The van der Waals surface area contributed by atoms with Crippen molar-refractivity contribution in [3.63, 3.8) is 0 Å². The molecule has 0 fully saturated rings. The average Bonchev–Trinajstić information content (AvgIpc) is 2.58. The standard InChI is InChI=1S/C11H9BrClNO/c1-6-4-9(14)8(13)5-7(6)10-2-3-11(12)15-10/h2-5H,14H2,1H3. The number of aryl methyl sites for hydroxylation is 1. The van der Waals surface area contributed by atoms with Crippen LogP contribution >= 0.6 is 27.5 Å². The van der Waals surface area contributed by atoms with Gasteiger partial charge in [0.15, 0.2) is 4.67 Å². The first kappa shape index (κ1) is 10.6. The lowest BCUT2D eigenvalue weighted by Gasteiger charge is -2.05. The van der Waals surface area contributed by atoms with Crippen LogP contribution in [0.3, 0.4) is 0 Å². The van der Waals surface area contributed by atoms with Gasteiger partial charge in [-0.1, -0.05) is 11.6 Å². The minimum Gasteiger partial charge on any atom is -0.449 e. The van der Waals surface area contributed by atoms with E-state index >= 15 is 0 Å². The lowest BCUT2D eigenvalue weighted by molar-refractivity contribution is 0.555. The number of hydrogen-bond acceptors (Lipinski definition) is 2. The van der Waals surface area contributed by atoms with Crippen molar-refractivity contribution >= 4 is 33.2 Å². The zero-order valence-corrected chi connectivity index (χ0v) is 10.4. The number of nitrogens with two attached hydrogens (primary N) is 1. The Morgan fingerprint density at radius 2 is 2.07 bits per heavy atom. The number of nitrogen functional groups attached to an aromatic ring is 1. The maximum atomic E-state index is 5.96. The van der Waals surface area contributed by atoms with Crippen molar-refractivity contribution in [3.8, 4) is 11.3 Å². The highest BCUT2D eigenvalue weighted by molar-refractivity contribution is 9.10. The van der Waals surface area contributed by atoms with Gasteiger partial charge in [0.05, 0.1) is 10.7 Å². The summed E-state index contributed by atoms with van der Waals surface area (Å²) in [6, 6.07) is 7.39. The molecular weight excluding hydrogens is 277 g/mol. The first-order valence-electron chi connectivity index (χ1n) is 4.39. The fourth-order valence-corrected chi connectivity index (χ4v) is 1.90. The minimum atomic E-state index is 0.545. The minimum absolute atomic E-state index is 0.545. The third-order valence-electron chi connectivity index (χ3n) is 2.18. The molecule has 2 nitrogen and oxygen atoms in total. The summed E-state index contributed by atoms with van der Waals surface area (Å²) in [7, 11) is 0. The van der Waals surface area contributed by atoms with E-state index in [0.717, 1.165) is 16.9 Å². The summed E-state index contributed by atoms with van der Waals surface area (Å²) >= 11 is 9.23. The Morgan fingerprint density at radius 1 is 1.33 bits per heavy atom. The van der Waals surface area contributed by atoms with Gasteiger partial charge in [-0.25, -0.2) is 0 Å². The summed E-state index contributed by atoms with van der Waals surface area (Å²) in [4.78, 5) is 0. The van der Waals surface area contributed by atoms with Crippen molar-refractivity contribution in [1.82, 2.24) is 0 Å². The summed E-state index contributed by atoms with van der Waals surface area (Å²) in [5.74, 6) is 0.779. The van der Waals surface area contributed by atoms with E-state index in [-0.39, 0.29) is 0 Å². The molecule has 1 aromatic carbocycles. The van der Waals surface area contributed by atoms with Crippen LogP contribution in [-0.2, 0) is 0 Å². The normalized spacial score (nSPS) is 10.6. The predicted molar refractivity (Wildman–Crippen MR) is 66.0 cm³/mol. The summed E-state index contributed by atoms with van der Waals surface area (Å²) in [5.41, 5.74) is 8.29. The number of halogens is 2. The van der Waals surface area contributed by atoms with Gasteiger partial charge in [-0.2, -0.15) is 0 Å². The Bertz CT molecular complexity index is 507. The van der Waals surface area contributed by atoms with Crippen molar-refractivity contribution in [2.24, 2.45) is 0 Å². The third-order valence-corrected chi connectivity index (χ3v) is 2.94. The first-order chi connectivity index (χ1) is 7.08. The second kappa shape index (κ2) is 3.91. The molecule has 1 heterocycles. The Labute approximate surface area is 101 Å². The summed E-state index contributed by atoms with van der Waals surface area (Å²) in [6.07, 6.45) is 0. The lowest BCUT2D eigenvalue weighted by Crippen LogP contribution is -1.89. The van der Waals surface area contributed by atoms with Gasteiger partial charge >= 0.3 is 0 Å². The number of benzene rings is 1. The van der Waals surface area contributed by atoms with Crippen LogP contribution in [0.15, 0.2) is 33.4 Å². The van der Waals surface area contributed by atoms with E-state index in [1.807, 2.05) is 31.2 Å². The highest BCUT2D eigenvalue weighted by atomic mass is 79.9. The smallest absolute Gasteiger partial charge is 0.169 e. The van der Waals surface area contributed by atoms with Crippen molar-refractivity contribution in [2.75, 3.05) is 5.73 Å². The van der Waals surface area contributed by atoms with E-state index < -0.39 is 0 Å². The number of furan rings is 1. The number of anilines is 1. The largest absolute Gasteiger partial charge is 0.449 e. The number of hydrogen-bond donors (Lipinski definition) is 1. The molecule has 4 heteroatoms. The Hall–Kier alpha value is -0.930. The SMILES string of the molecule is Cc1cc(N)c(Cl)cc1-c1ccc(Br)o1. The van der Waals surface area contributed by atoms with Crippen LogP contribution in [0, 0.1) is 6.92 Å². The van der Waals surface area contributed by atoms with Crippen molar-refractivity contribution in [2.45, 2.75) is 6.92 Å². The summed E-state index contributed by atoms with van der Waals surface area (Å²) in [5, 5.41) is 0.545. The molecule has 2 aromatic rings. The molecule has 0 aliphatic heterocycles. The molecule has 15 heavy (non-hydrogen) atoms. The van der Waals surface area contributed by atoms with Gasteiger partial charge in [-0.15, -0.1) is 0 Å². The monoisotopic (exact) mass is 285 g/mol. The molecular formula is C11H9BrClNO. The van der Waals surface area contributed by atoms with Crippen molar-refractivity contribution in [1.29, 1.82) is 0 Å². The lowest BCUT2D eigenvalue weighted by atomic mass is 10.1. The summed E-state index contributed by atoms with van der Waals surface area (Å²) < 4.78 is 6.16. The van der Waals surface area contributed by atoms with E-state index in [0.29, 0.717) is 15.4 Å². The molecule has 0 saturated heterocycles. The molecule has 0 spiro atoms. The van der Waals surface area contributed by atoms with Crippen molar-refractivity contribution in [3.05, 3.63) is 39.5 Å². The molecule has 0 atom stereocenters. The number of rotatable bonds is 1. The van der Waals surface area contributed by atoms with Crippen LogP contribution in [0.1, 0.15) is 5.56 Å². The fraction of sp³-hybridized carbons (Fsp3) is 0.0909. The molecule has 78 valence electrons. The van der Waals surface area contributed by atoms with Gasteiger partial charge in [0.2, 0.25) is 0 Å². The predicted octanol–water partition coefficient (Wildman–Crippen LogP) is 4.25. The Balaban J connectivity index is 2.58. The van der Waals surface area contributed by atoms with Gasteiger partial charge in [-0.3, -0.25) is 0 Å². The van der Waals surface area contributed by atoms with E-state index in [1.54, 1.807) is 0 Å². The maximum Gasteiger partial charge on any atom is 0.169 e. The van der Waals surface area contributed by atoms with Gasteiger partial charge in [-0.05, 0) is 52.7 Å². The van der Waals surface area contributed by atoms with E-state index in [4.69, 9.17) is 21.8 Å². The molecule has 0 aliphatic carbocycles. The summed E-state index contributed by atoms with van der Waals surface area (Å²) in [6.45, 7) is 1.97. The molecule has 2 rings (SSSR count). The van der Waals surface area contributed by atoms with Crippen LogP contribution in [0.5, 0.6) is 0 Å². The first-order valence-corrected chi connectivity index (χ1v) is 5.56. The Morgan fingerprint density at radius 3 is 2.67 bits per heavy atom. The zero-order chi connectivity index (χ0) is 11.0. The van der Waals surface area contributed by atoms with Gasteiger partial charge in [0.25, 0.3) is 0 Å².